The van der Waals surface area contributed by atoms with Crippen LogP contribution in [0.15, 0.2) is 256 Å². The Morgan fingerprint density at radius 2 is 0.743 bits per heavy atom. The van der Waals surface area contributed by atoms with Crippen molar-refractivity contribution in [2.75, 3.05) is 0 Å². The van der Waals surface area contributed by atoms with Gasteiger partial charge in [-0.1, -0.05) is 127 Å². The Morgan fingerprint density at radius 3 is 1.39 bits per heavy atom. The van der Waals surface area contributed by atoms with Gasteiger partial charge < -0.3 is 27.4 Å². The summed E-state index contributed by atoms with van der Waals surface area (Å²) in [6, 6.07) is 66.4. The maximum atomic E-state index is 4.70. The first kappa shape index (κ1) is 69.4. The molecule has 109 heavy (non-hydrogen) atoms. The molecule has 8 aromatic carbocycles. The molecule has 0 unspecified atom stereocenters. The molecule has 1 aliphatic rings. The van der Waals surface area contributed by atoms with Crippen molar-refractivity contribution >= 4 is 163 Å². The second-order valence-electron chi connectivity index (χ2n) is 28.5. The standard InChI is InChI=1S/C21H16N2.C20H15N3.3C14H14N2.C13H16N2/c1-2-23-19-12-11-14-7-3-4-8-15(14)20(19)17-13-22-18-10-6-5-9-16(18)21(17)23;1-2-23-17-11-21-15-9-5-3-7-13(15)19(17)20-14-8-4-6-10-16(14)22-12-18(20)23;1-3-16-13-5-4-10(2)8-12(13)11-6-7-15-9-14(11)16;1-3-16-13-8-10(2)4-5-11(13)12-6-7-15-9-14(12)16;1-3-16-13-9-15-8-7-11(13)12-6-4-5-10(2)14(12)16;1-2-15-12-6-4-3-5-10(12)11-9-14-8-7-13(11)15/h3-13H,2H2,1H3;3-12H,2H2,1H3;3*4-9H,3H2,1-2H3;7-9H,2-6H2,1H3. The second-order valence-corrected chi connectivity index (χ2v) is 28.5. The van der Waals surface area contributed by atoms with E-state index in [0.717, 1.165) is 55.8 Å². The average Bonchev–Trinajstić information content (AvgIpc) is 1.58. The van der Waals surface area contributed by atoms with E-state index >= 15 is 0 Å². The van der Waals surface area contributed by atoms with E-state index in [-0.39, 0.29) is 0 Å². The van der Waals surface area contributed by atoms with Crippen LogP contribution in [0.25, 0.3) is 163 Å². The molecular weight excluding hydrogens is 1340 g/mol. The molecule has 0 saturated heterocycles. The van der Waals surface area contributed by atoms with Gasteiger partial charge in [-0.15, -0.1) is 0 Å². The van der Waals surface area contributed by atoms with Crippen LogP contribution in [0, 0.1) is 20.8 Å². The largest absolute Gasteiger partial charge is 0.345 e. The van der Waals surface area contributed by atoms with Crippen molar-refractivity contribution in [3.63, 3.8) is 0 Å². The third-order valence-corrected chi connectivity index (χ3v) is 22.4. The third kappa shape index (κ3) is 12.1. The van der Waals surface area contributed by atoms with Crippen molar-refractivity contribution in [1.82, 2.24) is 62.3 Å². The zero-order valence-electron chi connectivity index (χ0n) is 63.6. The van der Waals surface area contributed by atoms with E-state index in [2.05, 4.69) is 296 Å². The maximum absolute atomic E-state index is 4.70. The summed E-state index contributed by atoms with van der Waals surface area (Å²) < 4.78 is 14.2. The predicted octanol–water partition coefficient (Wildman–Crippen LogP) is 23.9. The number of fused-ring (bicyclic) bond motifs is 26. The van der Waals surface area contributed by atoms with E-state index < -0.39 is 0 Å². The predicted molar refractivity (Wildman–Crippen MR) is 459 cm³/mol. The number of hydrogen-bond acceptors (Lipinski definition) is 7. The van der Waals surface area contributed by atoms with Crippen LogP contribution in [-0.4, -0.2) is 62.3 Å². The van der Waals surface area contributed by atoms with Crippen LogP contribution < -0.4 is 0 Å². The van der Waals surface area contributed by atoms with Crippen LogP contribution in [0.1, 0.15) is 82.3 Å². The van der Waals surface area contributed by atoms with Crippen LogP contribution in [0.4, 0.5) is 0 Å². The van der Waals surface area contributed by atoms with Crippen LogP contribution in [0.5, 0.6) is 0 Å². The normalized spacial score (nSPS) is 12.2. The molecule has 0 atom stereocenters. The van der Waals surface area contributed by atoms with E-state index in [1.807, 2.05) is 80.3 Å². The summed E-state index contributed by atoms with van der Waals surface area (Å²) in [4.78, 5) is 30.9. The number of benzene rings is 8. The molecule has 13 nitrogen and oxygen atoms in total. The molecule has 0 spiro atoms. The Balaban J connectivity index is 0.0000000965. The number of aromatic nitrogens is 13. The van der Waals surface area contributed by atoms with Gasteiger partial charge in [0.05, 0.1) is 91.7 Å². The number of rotatable bonds is 6. The average molecular weight is 1420 g/mol. The van der Waals surface area contributed by atoms with Gasteiger partial charge in [0.1, 0.15) is 0 Å². The smallest absolute Gasteiger partial charge is 0.0723 e. The monoisotopic (exact) mass is 1420 g/mol. The second kappa shape index (κ2) is 29.6. The van der Waals surface area contributed by atoms with Gasteiger partial charge >= 0.3 is 0 Å². The van der Waals surface area contributed by atoms with Gasteiger partial charge in [-0.2, -0.15) is 0 Å². The van der Waals surface area contributed by atoms with Gasteiger partial charge in [0.2, 0.25) is 0 Å². The molecule has 0 amide bonds. The summed E-state index contributed by atoms with van der Waals surface area (Å²) in [5.74, 6) is 0. The molecule has 13 heteroatoms. The van der Waals surface area contributed by atoms with Gasteiger partial charge in [0, 0.05) is 174 Å². The third-order valence-electron chi connectivity index (χ3n) is 22.4. The number of nitrogens with zero attached hydrogens (tertiary/aromatic N) is 13. The fraction of sp³-hybridized carbons (Fsp3) is 0.198. The van der Waals surface area contributed by atoms with Crippen molar-refractivity contribution in [2.45, 2.75) is 127 Å². The van der Waals surface area contributed by atoms with Crippen LogP contribution >= 0.6 is 0 Å². The Labute approximate surface area is 633 Å². The number of aryl methyl sites for hydroxylation is 10. The summed E-state index contributed by atoms with van der Waals surface area (Å²) in [7, 11) is 0. The molecule has 22 rings (SSSR count). The van der Waals surface area contributed by atoms with Crippen molar-refractivity contribution in [3.05, 3.63) is 284 Å². The molecule has 538 valence electrons. The lowest BCUT2D eigenvalue weighted by molar-refractivity contribution is 0.630. The first-order chi connectivity index (χ1) is 53.6. The first-order valence-electron chi connectivity index (χ1n) is 38.7. The lowest BCUT2D eigenvalue weighted by atomic mass is 9.96. The molecule has 0 saturated carbocycles. The van der Waals surface area contributed by atoms with E-state index in [1.165, 1.54) is 189 Å². The summed E-state index contributed by atoms with van der Waals surface area (Å²) in [5, 5.41) is 20.6. The molecule has 13 heterocycles. The quantitative estimate of drug-likeness (QED) is 0.163. The number of para-hydroxylation sites is 4. The molecule has 0 aliphatic heterocycles. The van der Waals surface area contributed by atoms with Crippen molar-refractivity contribution < 1.29 is 0 Å². The Hall–Kier alpha value is -12.6. The fourth-order valence-corrected chi connectivity index (χ4v) is 17.6. The van der Waals surface area contributed by atoms with E-state index in [1.54, 1.807) is 11.3 Å². The molecule has 0 N–H and O–H groups in total. The Morgan fingerprint density at radius 1 is 0.275 bits per heavy atom. The summed E-state index contributed by atoms with van der Waals surface area (Å²) in [6.07, 6.45) is 26.6. The molecule has 13 aromatic heterocycles. The van der Waals surface area contributed by atoms with E-state index in [0.29, 0.717) is 0 Å². The van der Waals surface area contributed by atoms with Gasteiger partial charge in [0.15, 0.2) is 0 Å². The van der Waals surface area contributed by atoms with Gasteiger partial charge in [-0.05, 0) is 182 Å². The minimum Gasteiger partial charge on any atom is -0.345 e. The van der Waals surface area contributed by atoms with Gasteiger partial charge in [-0.25, -0.2) is 0 Å². The summed E-state index contributed by atoms with van der Waals surface area (Å²) >= 11 is 0. The van der Waals surface area contributed by atoms with Crippen LogP contribution in [-0.2, 0) is 52.1 Å². The summed E-state index contributed by atoms with van der Waals surface area (Å²) in [6.45, 7) is 25.5. The number of hydrogen-bond donors (Lipinski definition) is 0. The van der Waals surface area contributed by atoms with Gasteiger partial charge in [-0.3, -0.25) is 34.9 Å². The van der Waals surface area contributed by atoms with Gasteiger partial charge in [0.25, 0.3) is 0 Å². The lowest BCUT2D eigenvalue weighted by Gasteiger charge is -2.14. The lowest BCUT2D eigenvalue weighted by Crippen LogP contribution is -2.06. The van der Waals surface area contributed by atoms with E-state index in [9.17, 15) is 0 Å². The highest BCUT2D eigenvalue weighted by molar-refractivity contribution is 6.27. The highest BCUT2D eigenvalue weighted by Crippen LogP contribution is 2.41. The topological polar surface area (TPSA) is 120 Å². The van der Waals surface area contributed by atoms with Crippen LogP contribution in [0.2, 0.25) is 0 Å². The number of pyridine rings is 7. The zero-order chi connectivity index (χ0) is 74.4. The van der Waals surface area contributed by atoms with Crippen molar-refractivity contribution in [1.29, 1.82) is 0 Å². The molecular formula is C96H89N13. The Bertz CT molecular complexity index is 6860. The molecule has 0 radical (unpaired) electrons. The molecule has 21 aromatic rings. The van der Waals surface area contributed by atoms with Crippen molar-refractivity contribution in [3.8, 4) is 0 Å². The fourth-order valence-electron chi connectivity index (χ4n) is 17.6. The van der Waals surface area contributed by atoms with E-state index in [4.69, 9.17) is 4.98 Å². The van der Waals surface area contributed by atoms with Crippen molar-refractivity contribution in [2.24, 2.45) is 0 Å². The molecule has 0 bridgehead atoms. The minimum absolute atomic E-state index is 0.903. The van der Waals surface area contributed by atoms with Crippen LogP contribution in [0.3, 0.4) is 0 Å². The highest BCUT2D eigenvalue weighted by Gasteiger charge is 2.21. The zero-order valence-corrected chi connectivity index (χ0v) is 63.6. The molecule has 1 aliphatic carbocycles. The minimum atomic E-state index is 0.903. The SMILES string of the molecule is CCn1c2c(c3cnccc31)CCCC2.CCn1c2ccc(C)cc2c2ccncc21.CCn1c2ccc3ccccc3c2c2cnc3ccccc3c21.CCn1c2cnc3ccccc3c2c2c3ccccc3ncc21.CCn1c2cnccc2c2ccc(C)cc21.CCn1c2cnccc2c2cccc(C)c21. The maximum Gasteiger partial charge on any atom is 0.0723 e. The highest BCUT2D eigenvalue weighted by atomic mass is 15.0. The summed E-state index contributed by atoms with van der Waals surface area (Å²) in [5.41, 5.74) is 24.2. The first-order valence-corrected chi connectivity index (χ1v) is 38.7. The molecule has 0 fully saturated rings. The Kier molecular flexibility index (Phi) is 18.9.